The average molecular weight is 308 g/mol. The molecule has 3 heteroatoms. The van der Waals surface area contributed by atoms with E-state index in [1.165, 1.54) is 55.5 Å². The maximum Gasteiger partial charge on any atom is 0.135 e. The summed E-state index contributed by atoms with van der Waals surface area (Å²) in [6.07, 6.45) is 2.37. The molecule has 2 aromatic carbocycles. The zero-order valence-corrected chi connectivity index (χ0v) is 13.8. The Balaban J connectivity index is 1.44. The molecule has 23 heavy (non-hydrogen) atoms. The summed E-state index contributed by atoms with van der Waals surface area (Å²) in [5.41, 5.74) is 3.39. The molecule has 1 saturated heterocycles. The normalized spacial score (nSPS) is 17.3. The monoisotopic (exact) mass is 308 g/mol. The van der Waals surface area contributed by atoms with Crippen LogP contribution in [-0.4, -0.2) is 49.6 Å². The van der Waals surface area contributed by atoms with Crippen LogP contribution in [0, 0.1) is 0 Å². The second kappa shape index (κ2) is 6.34. The van der Waals surface area contributed by atoms with E-state index in [0.29, 0.717) is 0 Å². The van der Waals surface area contributed by atoms with Crippen LogP contribution in [0.1, 0.15) is 12.0 Å². The third-order valence-electron chi connectivity index (χ3n) is 4.98. The highest BCUT2D eigenvalue weighted by Gasteiger charge is 2.13. The smallest absolute Gasteiger partial charge is 0.135 e. The Morgan fingerprint density at radius 3 is 2.57 bits per heavy atom. The van der Waals surface area contributed by atoms with Crippen LogP contribution in [0.15, 0.2) is 46.9 Å². The molecule has 0 atom stereocenters. The van der Waals surface area contributed by atoms with Gasteiger partial charge in [-0.2, -0.15) is 0 Å². The molecule has 1 aromatic heterocycles. The standard InChI is InChI=1S/C20H24N2O/c1-21-11-13-22(14-12-21)10-4-5-16-8-9-20-18(15-16)17-6-2-3-7-19(17)23-20/h2-3,6-9,15H,4-5,10-14H2,1H3. The fourth-order valence-corrected chi connectivity index (χ4v) is 3.51. The first kappa shape index (κ1) is 14.7. The summed E-state index contributed by atoms with van der Waals surface area (Å²) in [7, 11) is 2.21. The number of likely N-dealkylation sites (N-methyl/N-ethyl adjacent to an activating group) is 1. The predicted octanol–water partition coefficient (Wildman–Crippen LogP) is 3.77. The molecule has 0 bridgehead atoms. The van der Waals surface area contributed by atoms with Gasteiger partial charge in [-0.15, -0.1) is 0 Å². The molecular formula is C20H24N2O. The van der Waals surface area contributed by atoms with Crippen molar-refractivity contribution in [1.29, 1.82) is 0 Å². The highest BCUT2D eigenvalue weighted by Crippen LogP contribution is 2.29. The molecule has 3 nitrogen and oxygen atoms in total. The number of hydrogen-bond donors (Lipinski definition) is 0. The molecule has 0 unspecified atom stereocenters. The van der Waals surface area contributed by atoms with E-state index in [-0.39, 0.29) is 0 Å². The molecule has 3 aromatic rings. The van der Waals surface area contributed by atoms with Crippen molar-refractivity contribution in [3.8, 4) is 0 Å². The number of piperazine rings is 1. The molecule has 1 aliphatic rings. The van der Waals surface area contributed by atoms with Crippen molar-refractivity contribution in [2.75, 3.05) is 39.8 Å². The first-order chi connectivity index (χ1) is 11.3. The first-order valence-corrected chi connectivity index (χ1v) is 8.61. The SMILES string of the molecule is CN1CCN(CCCc2ccc3oc4ccccc4c3c2)CC1. The number of fused-ring (bicyclic) bond motifs is 3. The Hall–Kier alpha value is -1.84. The summed E-state index contributed by atoms with van der Waals surface area (Å²) in [4.78, 5) is 5.00. The van der Waals surface area contributed by atoms with Gasteiger partial charge in [0.05, 0.1) is 0 Å². The summed E-state index contributed by atoms with van der Waals surface area (Å²) in [5.74, 6) is 0. The van der Waals surface area contributed by atoms with Gasteiger partial charge in [-0.05, 0) is 50.2 Å². The Labute approximate surface area is 137 Å². The topological polar surface area (TPSA) is 19.6 Å². The number of para-hydroxylation sites is 1. The van der Waals surface area contributed by atoms with Crippen LogP contribution in [0.2, 0.25) is 0 Å². The van der Waals surface area contributed by atoms with Gasteiger partial charge in [0.25, 0.3) is 0 Å². The van der Waals surface area contributed by atoms with Crippen molar-refractivity contribution in [3.63, 3.8) is 0 Å². The zero-order valence-electron chi connectivity index (χ0n) is 13.8. The van der Waals surface area contributed by atoms with Crippen molar-refractivity contribution in [2.45, 2.75) is 12.8 Å². The molecule has 0 radical (unpaired) electrons. The molecule has 0 saturated carbocycles. The fourth-order valence-electron chi connectivity index (χ4n) is 3.51. The van der Waals surface area contributed by atoms with Crippen LogP contribution in [0.25, 0.3) is 21.9 Å². The van der Waals surface area contributed by atoms with E-state index in [1.807, 2.05) is 12.1 Å². The van der Waals surface area contributed by atoms with Crippen molar-refractivity contribution >= 4 is 21.9 Å². The lowest BCUT2D eigenvalue weighted by Crippen LogP contribution is -2.44. The molecule has 2 heterocycles. The van der Waals surface area contributed by atoms with Gasteiger partial charge in [0.1, 0.15) is 11.2 Å². The third kappa shape index (κ3) is 3.12. The molecule has 4 rings (SSSR count). The maximum absolute atomic E-state index is 5.90. The zero-order chi connectivity index (χ0) is 15.6. The van der Waals surface area contributed by atoms with Gasteiger partial charge in [0.15, 0.2) is 0 Å². The molecule has 0 amide bonds. The quantitative estimate of drug-likeness (QED) is 0.731. The number of nitrogens with zero attached hydrogens (tertiary/aromatic N) is 2. The molecular weight excluding hydrogens is 284 g/mol. The van der Waals surface area contributed by atoms with E-state index in [0.717, 1.165) is 17.6 Å². The number of benzene rings is 2. The second-order valence-electron chi connectivity index (χ2n) is 6.68. The van der Waals surface area contributed by atoms with Crippen LogP contribution >= 0.6 is 0 Å². The van der Waals surface area contributed by atoms with Crippen molar-refractivity contribution < 1.29 is 4.42 Å². The van der Waals surface area contributed by atoms with Crippen LogP contribution < -0.4 is 0 Å². The van der Waals surface area contributed by atoms with E-state index >= 15 is 0 Å². The summed E-state index contributed by atoms with van der Waals surface area (Å²) in [5, 5.41) is 2.47. The molecule has 1 aliphatic heterocycles. The summed E-state index contributed by atoms with van der Waals surface area (Å²) >= 11 is 0. The lowest BCUT2D eigenvalue weighted by atomic mass is 10.1. The van der Waals surface area contributed by atoms with E-state index in [9.17, 15) is 0 Å². The highest BCUT2D eigenvalue weighted by atomic mass is 16.3. The van der Waals surface area contributed by atoms with Gasteiger partial charge in [0, 0.05) is 37.0 Å². The molecule has 0 aliphatic carbocycles. The highest BCUT2D eigenvalue weighted by molar-refractivity contribution is 6.04. The van der Waals surface area contributed by atoms with E-state index in [1.54, 1.807) is 0 Å². The van der Waals surface area contributed by atoms with Crippen molar-refractivity contribution in [3.05, 3.63) is 48.0 Å². The lowest BCUT2D eigenvalue weighted by Gasteiger charge is -2.32. The Morgan fingerprint density at radius 2 is 1.70 bits per heavy atom. The van der Waals surface area contributed by atoms with E-state index in [4.69, 9.17) is 4.42 Å². The molecule has 0 spiro atoms. The summed E-state index contributed by atoms with van der Waals surface area (Å²) < 4.78 is 5.90. The number of aryl methyl sites for hydroxylation is 1. The third-order valence-corrected chi connectivity index (χ3v) is 4.98. The van der Waals surface area contributed by atoms with Crippen LogP contribution in [0.5, 0.6) is 0 Å². The minimum atomic E-state index is 0.983. The fraction of sp³-hybridized carbons (Fsp3) is 0.400. The van der Waals surface area contributed by atoms with Gasteiger partial charge in [-0.25, -0.2) is 0 Å². The van der Waals surface area contributed by atoms with Gasteiger partial charge >= 0.3 is 0 Å². The molecule has 1 fully saturated rings. The van der Waals surface area contributed by atoms with E-state index < -0.39 is 0 Å². The van der Waals surface area contributed by atoms with Crippen LogP contribution in [0.3, 0.4) is 0 Å². The van der Waals surface area contributed by atoms with E-state index in [2.05, 4.69) is 47.2 Å². The van der Waals surface area contributed by atoms with Gasteiger partial charge in [-0.1, -0.05) is 24.3 Å². The van der Waals surface area contributed by atoms with Gasteiger partial charge < -0.3 is 14.2 Å². The first-order valence-electron chi connectivity index (χ1n) is 8.61. The Bertz CT molecular complexity index is 800. The molecule has 120 valence electrons. The minimum Gasteiger partial charge on any atom is -0.456 e. The number of furan rings is 1. The van der Waals surface area contributed by atoms with Crippen LogP contribution in [0.4, 0.5) is 0 Å². The number of rotatable bonds is 4. The van der Waals surface area contributed by atoms with Crippen LogP contribution in [-0.2, 0) is 6.42 Å². The maximum atomic E-state index is 5.90. The summed E-state index contributed by atoms with van der Waals surface area (Å²) in [6.45, 7) is 6.03. The molecule has 0 N–H and O–H groups in total. The number of hydrogen-bond acceptors (Lipinski definition) is 3. The lowest BCUT2D eigenvalue weighted by molar-refractivity contribution is 0.153. The van der Waals surface area contributed by atoms with Gasteiger partial charge in [-0.3, -0.25) is 0 Å². The van der Waals surface area contributed by atoms with Gasteiger partial charge in [0.2, 0.25) is 0 Å². The minimum absolute atomic E-state index is 0.983. The summed E-state index contributed by atoms with van der Waals surface area (Å²) in [6, 6.07) is 15.0. The Kier molecular flexibility index (Phi) is 4.06. The van der Waals surface area contributed by atoms with Crippen molar-refractivity contribution in [2.24, 2.45) is 0 Å². The van der Waals surface area contributed by atoms with Crippen molar-refractivity contribution in [1.82, 2.24) is 9.80 Å². The Morgan fingerprint density at radius 1 is 0.913 bits per heavy atom. The second-order valence-corrected chi connectivity index (χ2v) is 6.68. The average Bonchev–Trinajstić information content (AvgIpc) is 2.95. The predicted molar refractivity (Wildman–Crippen MR) is 96.0 cm³/mol. The largest absolute Gasteiger partial charge is 0.456 e.